The second-order valence-electron chi connectivity index (χ2n) is 3.66. The third-order valence-electron chi connectivity index (χ3n) is 2.44. The summed E-state index contributed by atoms with van der Waals surface area (Å²) in [7, 11) is -1.35. The standard InChI is InChI=1S/C13H11N3OS/c14-8-10-4-1-2-5-11(10)9-18(17)13-12(15)6-3-7-16-13/h1-7H,9,15H2. The molecule has 0 radical (unpaired) electrons. The van der Waals surface area contributed by atoms with Gasteiger partial charge in [0.1, 0.15) is 5.03 Å². The number of nitrogens with zero attached hydrogens (tertiary/aromatic N) is 2. The number of aromatic nitrogens is 1. The van der Waals surface area contributed by atoms with Crippen molar-refractivity contribution in [2.24, 2.45) is 0 Å². The van der Waals surface area contributed by atoms with Crippen molar-refractivity contribution in [1.29, 1.82) is 5.26 Å². The molecule has 0 aliphatic carbocycles. The summed E-state index contributed by atoms with van der Waals surface area (Å²) >= 11 is 0. The molecule has 2 aromatic rings. The first-order valence-electron chi connectivity index (χ1n) is 5.29. The number of rotatable bonds is 3. The van der Waals surface area contributed by atoms with Gasteiger partial charge < -0.3 is 5.73 Å². The predicted octanol–water partition coefficient (Wildman–Crippen LogP) is 1.84. The minimum Gasteiger partial charge on any atom is -0.396 e. The lowest BCUT2D eigenvalue weighted by molar-refractivity contribution is 0.680. The molecule has 0 aliphatic rings. The molecule has 0 amide bonds. The van der Waals surface area contributed by atoms with Crippen LogP contribution in [0.15, 0.2) is 47.6 Å². The Bertz CT molecular complexity index is 634. The van der Waals surface area contributed by atoms with E-state index < -0.39 is 10.8 Å². The maximum Gasteiger partial charge on any atom is 0.150 e. The zero-order chi connectivity index (χ0) is 13.0. The van der Waals surface area contributed by atoms with E-state index in [-0.39, 0.29) is 5.75 Å². The molecule has 0 spiro atoms. The molecular weight excluding hydrogens is 246 g/mol. The highest BCUT2D eigenvalue weighted by Gasteiger charge is 2.11. The first-order chi connectivity index (χ1) is 8.72. The molecule has 1 atom stereocenters. The monoisotopic (exact) mass is 257 g/mol. The van der Waals surface area contributed by atoms with Gasteiger partial charge in [-0.2, -0.15) is 5.26 Å². The van der Waals surface area contributed by atoms with E-state index in [0.717, 1.165) is 5.56 Å². The van der Waals surface area contributed by atoms with E-state index in [1.807, 2.05) is 6.07 Å². The van der Waals surface area contributed by atoms with Crippen LogP contribution in [0.1, 0.15) is 11.1 Å². The van der Waals surface area contributed by atoms with Gasteiger partial charge in [-0.3, -0.25) is 4.21 Å². The first-order valence-corrected chi connectivity index (χ1v) is 6.61. The number of hydrogen-bond donors (Lipinski definition) is 1. The van der Waals surface area contributed by atoms with Crippen molar-refractivity contribution in [3.8, 4) is 6.07 Å². The maximum absolute atomic E-state index is 12.2. The Morgan fingerprint density at radius 3 is 2.78 bits per heavy atom. The van der Waals surface area contributed by atoms with E-state index >= 15 is 0 Å². The molecule has 1 unspecified atom stereocenters. The molecule has 0 saturated carbocycles. The zero-order valence-corrected chi connectivity index (χ0v) is 10.4. The summed E-state index contributed by atoms with van der Waals surface area (Å²) in [5.74, 6) is 0.241. The predicted molar refractivity (Wildman–Crippen MR) is 69.9 cm³/mol. The highest BCUT2D eigenvalue weighted by atomic mass is 32.2. The first kappa shape index (κ1) is 12.3. The van der Waals surface area contributed by atoms with Gasteiger partial charge in [0, 0.05) is 6.20 Å². The lowest BCUT2D eigenvalue weighted by Gasteiger charge is -2.05. The number of nitrogens with two attached hydrogens (primary N) is 1. The molecule has 0 bridgehead atoms. The molecule has 1 aromatic heterocycles. The Morgan fingerprint density at radius 2 is 2.06 bits per heavy atom. The summed E-state index contributed by atoms with van der Waals surface area (Å²) in [6.07, 6.45) is 1.56. The van der Waals surface area contributed by atoms with E-state index in [1.165, 1.54) is 0 Å². The summed E-state index contributed by atoms with van der Waals surface area (Å²) in [5, 5.41) is 9.33. The third kappa shape index (κ3) is 2.55. The lowest BCUT2D eigenvalue weighted by atomic mass is 10.1. The van der Waals surface area contributed by atoms with Crippen LogP contribution < -0.4 is 5.73 Å². The van der Waals surface area contributed by atoms with E-state index in [1.54, 1.807) is 36.5 Å². The summed E-state index contributed by atoms with van der Waals surface area (Å²) < 4.78 is 12.2. The number of benzene rings is 1. The quantitative estimate of drug-likeness (QED) is 0.909. The van der Waals surface area contributed by atoms with Crippen LogP contribution >= 0.6 is 0 Å². The number of nitrogen functional groups attached to an aromatic ring is 1. The van der Waals surface area contributed by atoms with Gasteiger partial charge in [-0.1, -0.05) is 18.2 Å². The molecule has 0 saturated heterocycles. The van der Waals surface area contributed by atoms with Crippen LogP contribution in [0.5, 0.6) is 0 Å². The van der Waals surface area contributed by atoms with Crippen LogP contribution in [0, 0.1) is 11.3 Å². The van der Waals surface area contributed by atoms with Crippen molar-refractivity contribution in [2.45, 2.75) is 10.8 Å². The molecule has 0 aliphatic heterocycles. The highest BCUT2D eigenvalue weighted by molar-refractivity contribution is 7.84. The van der Waals surface area contributed by atoms with Crippen LogP contribution in [0.3, 0.4) is 0 Å². The summed E-state index contributed by atoms with van der Waals surface area (Å²) in [6.45, 7) is 0. The van der Waals surface area contributed by atoms with Gasteiger partial charge in [0.25, 0.3) is 0 Å². The van der Waals surface area contributed by atoms with Crippen LogP contribution in [-0.2, 0) is 16.6 Å². The van der Waals surface area contributed by atoms with Gasteiger partial charge in [0.2, 0.25) is 0 Å². The Kier molecular flexibility index (Phi) is 3.70. The van der Waals surface area contributed by atoms with Gasteiger partial charge in [-0.25, -0.2) is 4.98 Å². The fraction of sp³-hybridized carbons (Fsp3) is 0.0769. The van der Waals surface area contributed by atoms with Crippen molar-refractivity contribution >= 4 is 16.5 Å². The SMILES string of the molecule is N#Cc1ccccc1CS(=O)c1ncccc1N. The molecule has 4 nitrogen and oxygen atoms in total. The van der Waals surface area contributed by atoms with Crippen LogP contribution in [-0.4, -0.2) is 9.19 Å². The van der Waals surface area contributed by atoms with Crippen LogP contribution in [0.25, 0.3) is 0 Å². The minimum absolute atomic E-state index is 0.241. The number of nitriles is 1. The van der Waals surface area contributed by atoms with Crippen molar-refractivity contribution in [1.82, 2.24) is 4.98 Å². The number of pyridine rings is 1. The van der Waals surface area contributed by atoms with Crippen LogP contribution in [0.2, 0.25) is 0 Å². The van der Waals surface area contributed by atoms with Gasteiger partial charge >= 0.3 is 0 Å². The molecular formula is C13H11N3OS. The van der Waals surface area contributed by atoms with Crippen molar-refractivity contribution in [3.05, 3.63) is 53.7 Å². The topological polar surface area (TPSA) is 79.8 Å². The molecule has 18 heavy (non-hydrogen) atoms. The van der Waals surface area contributed by atoms with Gasteiger partial charge in [0.15, 0.2) is 0 Å². The maximum atomic E-state index is 12.2. The van der Waals surface area contributed by atoms with Crippen molar-refractivity contribution in [2.75, 3.05) is 5.73 Å². The molecule has 5 heteroatoms. The van der Waals surface area contributed by atoms with E-state index in [9.17, 15) is 4.21 Å². The fourth-order valence-electron chi connectivity index (χ4n) is 1.56. The number of hydrogen-bond acceptors (Lipinski definition) is 4. The van der Waals surface area contributed by atoms with Crippen molar-refractivity contribution in [3.63, 3.8) is 0 Å². The Hall–Kier alpha value is -2.19. The molecule has 2 rings (SSSR count). The molecule has 1 aromatic carbocycles. The molecule has 0 fully saturated rings. The van der Waals surface area contributed by atoms with E-state index in [2.05, 4.69) is 11.1 Å². The lowest BCUT2D eigenvalue weighted by Crippen LogP contribution is -2.04. The normalized spacial score (nSPS) is 11.7. The fourth-order valence-corrected chi connectivity index (χ4v) is 2.74. The highest BCUT2D eigenvalue weighted by Crippen LogP contribution is 2.17. The minimum atomic E-state index is -1.35. The van der Waals surface area contributed by atoms with E-state index in [0.29, 0.717) is 16.3 Å². The average molecular weight is 257 g/mol. The summed E-state index contributed by atoms with van der Waals surface area (Å²) in [6, 6.07) is 12.5. The van der Waals surface area contributed by atoms with Gasteiger partial charge in [-0.15, -0.1) is 0 Å². The molecule has 2 N–H and O–H groups in total. The van der Waals surface area contributed by atoms with Crippen LogP contribution in [0.4, 0.5) is 5.69 Å². The summed E-state index contributed by atoms with van der Waals surface area (Å²) in [5.41, 5.74) is 7.40. The summed E-state index contributed by atoms with van der Waals surface area (Å²) in [4.78, 5) is 4.02. The largest absolute Gasteiger partial charge is 0.396 e. The molecule has 1 heterocycles. The van der Waals surface area contributed by atoms with Crippen molar-refractivity contribution < 1.29 is 4.21 Å². The third-order valence-corrected chi connectivity index (χ3v) is 3.79. The zero-order valence-electron chi connectivity index (χ0n) is 9.54. The van der Waals surface area contributed by atoms with Gasteiger partial charge in [0.05, 0.1) is 33.9 Å². The number of anilines is 1. The Morgan fingerprint density at radius 1 is 1.28 bits per heavy atom. The average Bonchev–Trinajstić information content (AvgIpc) is 2.39. The van der Waals surface area contributed by atoms with Gasteiger partial charge in [-0.05, 0) is 23.8 Å². The second kappa shape index (κ2) is 5.43. The Balaban J connectivity index is 2.28. The smallest absolute Gasteiger partial charge is 0.150 e. The van der Waals surface area contributed by atoms with E-state index in [4.69, 9.17) is 11.0 Å². The Labute approximate surface area is 108 Å². The second-order valence-corrected chi connectivity index (χ2v) is 5.02. The molecule has 90 valence electrons.